The second kappa shape index (κ2) is 5.99. The molecule has 0 aliphatic heterocycles. The number of rotatable bonds is 3. The van der Waals surface area contributed by atoms with E-state index in [2.05, 4.69) is 4.74 Å². The molecule has 0 fully saturated rings. The molecule has 19 heavy (non-hydrogen) atoms. The Hall–Kier alpha value is -1.66. The molecule has 0 radical (unpaired) electrons. The first kappa shape index (κ1) is 17.3. The molecule has 5 N–H and O–H groups in total. The quantitative estimate of drug-likeness (QED) is 0.627. The molecule has 0 spiro atoms. The zero-order valence-electron chi connectivity index (χ0n) is 10.9. The lowest BCUT2D eigenvalue weighted by Gasteiger charge is -2.29. The zero-order chi connectivity index (χ0) is 14.1. The first-order valence-electron chi connectivity index (χ1n) is 5.30. The number of ether oxygens (including phenoxy) is 1. The van der Waals surface area contributed by atoms with Gasteiger partial charge in [-0.05, 0) is 13.8 Å². The molecule has 0 saturated heterocycles. The molecule has 0 unspecified atom stereocenters. The number of halogens is 1. The molecule has 0 heterocycles. The summed E-state index contributed by atoms with van der Waals surface area (Å²) < 4.78 is 4.63. The molecule has 0 saturated carbocycles. The van der Waals surface area contributed by atoms with E-state index in [1.165, 1.54) is 21.0 Å². The monoisotopic (exact) mass is 291 g/mol. The van der Waals surface area contributed by atoms with Crippen molar-refractivity contribution in [1.82, 2.24) is 0 Å². The molecule has 6 nitrogen and oxygen atoms in total. The van der Waals surface area contributed by atoms with Gasteiger partial charge in [-0.15, -0.1) is 12.4 Å². The van der Waals surface area contributed by atoms with Crippen LogP contribution in [-0.2, 0) is 9.53 Å². The summed E-state index contributed by atoms with van der Waals surface area (Å²) in [5.74, 6) is -1.62. The molecular formula is C12H18ClNO5. The number of benzene rings is 1. The predicted octanol–water partition coefficient (Wildman–Crippen LogP) is 1.42. The van der Waals surface area contributed by atoms with Crippen LogP contribution in [0.3, 0.4) is 0 Å². The number of hydrogen-bond donors (Lipinski definition) is 4. The van der Waals surface area contributed by atoms with E-state index >= 15 is 0 Å². The van der Waals surface area contributed by atoms with E-state index in [0.717, 1.165) is 12.1 Å². The third kappa shape index (κ3) is 3.21. The van der Waals surface area contributed by atoms with Crippen LogP contribution in [0.15, 0.2) is 12.1 Å². The maximum absolute atomic E-state index is 11.6. The predicted molar refractivity (Wildman–Crippen MR) is 71.4 cm³/mol. The molecule has 1 aromatic rings. The van der Waals surface area contributed by atoms with Gasteiger partial charge < -0.3 is 25.8 Å². The summed E-state index contributed by atoms with van der Waals surface area (Å²) in [6, 6.07) is 1.11. The third-order valence-electron chi connectivity index (χ3n) is 2.92. The SMILES string of the molecule is COC(=O)C(C)(C)[C@H](N)c1c(O)cc(O)cc1O.Cl. The summed E-state index contributed by atoms with van der Waals surface area (Å²) in [5.41, 5.74) is 4.75. The highest BCUT2D eigenvalue weighted by molar-refractivity contribution is 5.85. The van der Waals surface area contributed by atoms with Crippen LogP contribution in [0.1, 0.15) is 25.5 Å². The summed E-state index contributed by atoms with van der Waals surface area (Å²) in [4.78, 5) is 11.6. The fourth-order valence-electron chi connectivity index (χ4n) is 1.68. The first-order valence-corrected chi connectivity index (χ1v) is 5.30. The minimum Gasteiger partial charge on any atom is -0.508 e. The van der Waals surface area contributed by atoms with Crippen molar-refractivity contribution in [2.75, 3.05) is 7.11 Å². The number of hydrogen-bond acceptors (Lipinski definition) is 6. The van der Waals surface area contributed by atoms with Crippen molar-refractivity contribution in [3.63, 3.8) is 0 Å². The molecule has 1 aromatic carbocycles. The topological polar surface area (TPSA) is 113 Å². The Labute approximate surface area is 117 Å². The second-order valence-corrected chi connectivity index (χ2v) is 4.59. The van der Waals surface area contributed by atoms with Gasteiger partial charge in [0, 0.05) is 12.1 Å². The highest BCUT2D eigenvalue weighted by Gasteiger charge is 2.39. The van der Waals surface area contributed by atoms with Crippen molar-refractivity contribution >= 4 is 18.4 Å². The van der Waals surface area contributed by atoms with E-state index in [-0.39, 0.29) is 35.2 Å². The van der Waals surface area contributed by atoms with Crippen molar-refractivity contribution in [1.29, 1.82) is 0 Å². The maximum Gasteiger partial charge on any atom is 0.313 e. The minimum absolute atomic E-state index is 0. The number of aromatic hydroxyl groups is 3. The second-order valence-electron chi connectivity index (χ2n) is 4.59. The van der Waals surface area contributed by atoms with Crippen molar-refractivity contribution < 1.29 is 24.9 Å². The standard InChI is InChI=1S/C12H17NO5.ClH/c1-12(2,11(17)18-3)10(13)9-7(15)4-6(14)5-8(9)16;/h4-5,10,14-16H,13H2,1-3H3;1H/t10-;/m1./s1. The van der Waals surface area contributed by atoms with Crippen LogP contribution < -0.4 is 5.73 Å². The van der Waals surface area contributed by atoms with E-state index in [0.29, 0.717) is 0 Å². The van der Waals surface area contributed by atoms with Crippen molar-refractivity contribution in [3.05, 3.63) is 17.7 Å². The number of nitrogens with two attached hydrogens (primary N) is 1. The van der Waals surface area contributed by atoms with Gasteiger partial charge in [-0.25, -0.2) is 0 Å². The summed E-state index contributed by atoms with van der Waals surface area (Å²) in [5, 5.41) is 28.6. The van der Waals surface area contributed by atoms with Gasteiger partial charge in [0.1, 0.15) is 17.2 Å². The Bertz CT molecular complexity index is 452. The molecule has 0 aromatic heterocycles. The van der Waals surface area contributed by atoms with Gasteiger partial charge in [-0.1, -0.05) is 0 Å². The summed E-state index contributed by atoms with van der Waals surface area (Å²) >= 11 is 0. The Morgan fingerprint density at radius 3 is 2.05 bits per heavy atom. The summed E-state index contributed by atoms with van der Waals surface area (Å²) in [6.07, 6.45) is 0. The highest BCUT2D eigenvalue weighted by atomic mass is 35.5. The van der Waals surface area contributed by atoms with Crippen LogP contribution in [0.5, 0.6) is 17.2 Å². The number of phenols is 3. The van der Waals surface area contributed by atoms with E-state index < -0.39 is 17.4 Å². The molecule has 1 atom stereocenters. The fraction of sp³-hybridized carbons (Fsp3) is 0.417. The third-order valence-corrected chi connectivity index (χ3v) is 2.92. The Balaban J connectivity index is 0.00000324. The number of carbonyl (C=O) groups is 1. The Kier molecular flexibility index (Phi) is 5.46. The number of methoxy groups -OCH3 is 1. The van der Waals surface area contributed by atoms with Gasteiger partial charge in [-0.2, -0.15) is 0 Å². The van der Waals surface area contributed by atoms with Crippen molar-refractivity contribution in [2.24, 2.45) is 11.1 Å². The number of carbonyl (C=O) groups excluding carboxylic acids is 1. The fourth-order valence-corrected chi connectivity index (χ4v) is 1.68. The van der Waals surface area contributed by atoms with Crippen molar-refractivity contribution in [3.8, 4) is 17.2 Å². The maximum atomic E-state index is 11.6. The average molecular weight is 292 g/mol. The summed E-state index contributed by atoms with van der Waals surface area (Å²) in [6.45, 7) is 3.07. The lowest BCUT2D eigenvalue weighted by molar-refractivity contribution is -0.152. The van der Waals surface area contributed by atoms with Gasteiger partial charge in [-0.3, -0.25) is 4.79 Å². The molecule has 0 aliphatic carbocycles. The molecular weight excluding hydrogens is 274 g/mol. The zero-order valence-corrected chi connectivity index (χ0v) is 11.7. The lowest BCUT2D eigenvalue weighted by Crippen LogP contribution is -2.37. The van der Waals surface area contributed by atoms with Crippen LogP contribution in [0.25, 0.3) is 0 Å². The number of esters is 1. The lowest BCUT2D eigenvalue weighted by atomic mass is 9.80. The smallest absolute Gasteiger partial charge is 0.313 e. The molecule has 7 heteroatoms. The van der Waals surface area contributed by atoms with Gasteiger partial charge in [0.2, 0.25) is 0 Å². The van der Waals surface area contributed by atoms with Crippen molar-refractivity contribution in [2.45, 2.75) is 19.9 Å². The normalized spacial score (nSPS) is 12.4. The van der Waals surface area contributed by atoms with E-state index in [9.17, 15) is 20.1 Å². The van der Waals surface area contributed by atoms with Crippen LogP contribution in [-0.4, -0.2) is 28.4 Å². The van der Waals surface area contributed by atoms with Gasteiger partial charge in [0.05, 0.1) is 24.1 Å². The molecule has 1 rings (SSSR count). The Morgan fingerprint density at radius 1 is 1.26 bits per heavy atom. The molecule has 0 bridgehead atoms. The molecule has 0 aliphatic rings. The van der Waals surface area contributed by atoms with Gasteiger partial charge >= 0.3 is 5.97 Å². The highest BCUT2D eigenvalue weighted by Crippen LogP contribution is 2.42. The Morgan fingerprint density at radius 2 is 1.68 bits per heavy atom. The van der Waals surface area contributed by atoms with Crippen LogP contribution in [0.2, 0.25) is 0 Å². The largest absolute Gasteiger partial charge is 0.508 e. The summed E-state index contributed by atoms with van der Waals surface area (Å²) in [7, 11) is 1.23. The van der Waals surface area contributed by atoms with E-state index in [1.54, 1.807) is 0 Å². The molecule has 108 valence electrons. The molecule has 0 amide bonds. The first-order chi connectivity index (χ1) is 8.21. The van der Waals surface area contributed by atoms with Crippen LogP contribution in [0, 0.1) is 5.41 Å². The van der Waals surface area contributed by atoms with Gasteiger partial charge in [0.25, 0.3) is 0 Å². The average Bonchev–Trinajstić information content (AvgIpc) is 2.26. The van der Waals surface area contributed by atoms with Crippen LogP contribution in [0.4, 0.5) is 0 Å². The number of phenolic OH excluding ortho intramolecular Hbond substituents is 3. The van der Waals surface area contributed by atoms with E-state index in [4.69, 9.17) is 5.73 Å². The van der Waals surface area contributed by atoms with Crippen LogP contribution >= 0.6 is 12.4 Å². The van der Waals surface area contributed by atoms with E-state index in [1.807, 2.05) is 0 Å². The minimum atomic E-state index is -1.14. The van der Waals surface area contributed by atoms with Gasteiger partial charge in [0.15, 0.2) is 0 Å².